The first-order chi connectivity index (χ1) is 8.86. The van der Waals surface area contributed by atoms with Crippen molar-refractivity contribution in [2.75, 3.05) is 18.4 Å². The highest BCUT2D eigenvalue weighted by atomic mass is 15.2. The van der Waals surface area contributed by atoms with Crippen molar-refractivity contribution in [3.05, 3.63) is 29.3 Å². The summed E-state index contributed by atoms with van der Waals surface area (Å²) >= 11 is 0. The van der Waals surface area contributed by atoms with Crippen LogP contribution in [0.3, 0.4) is 0 Å². The molecule has 2 aliphatic heterocycles. The average Bonchev–Trinajstić information content (AvgIpc) is 2.86. The average molecular weight is 244 g/mol. The van der Waals surface area contributed by atoms with E-state index in [1.807, 2.05) is 0 Å². The normalized spacial score (nSPS) is 23.7. The molecule has 0 saturated carbocycles. The van der Waals surface area contributed by atoms with E-state index in [2.05, 4.69) is 35.3 Å². The smallest absolute Gasteiger partial charge is 0.0372 e. The van der Waals surface area contributed by atoms with Gasteiger partial charge in [-0.3, -0.25) is 4.90 Å². The molecule has 1 N–H and O–H groups in total. The Morgan fingerprint density at radius 1 is 1.33 bits per heavy atom. The van der Waals surface area contributed by atoms with E-state index in [1.165, 1.54) is 55.5 Å². The van der Waals surface area contributed by atoms with Gasteiger partial charge in [0.05, 0.1) is 0 Å². The van der Waals surface area contributed by atoms with Gasteiger partial charge in [0.25, 0.3) is 0 Å². The van der Waals surface area contributed by atoms with Crippen LogP contribution in [0.4, 0.5) is 5.69 Å². The maximum Gasteiger partial charge on any atom is 0.0372 e. The highest BCUT2D eigenvalue weighted by Crippen LogP contribution is 2.26. The van der Waals surface area contributed by atoms with Gasteiger partial charge in [-0.05, 0) is 55.8 Å². The first-order valence-corrected chi connectivity index (χ1v) is 7.46. The van der Waals surface area contributed by atoms with Gasteiger partial charge in [0.2, 0.25) is 0 Å². The Hall–Kier alpha value is -1.02. The highest BCUT2D eigenvalue weighted by Gasteiger charge is 2.22. The lowest BCUT2D eigenvalue weighted by atomic mass is 10.0. The molecule has 2 heteroatoms. The van der Waals surface area contributed by atoms with Crippen LogP contribution in [0.2, 0.25) is 0 Å². The fraction of sp³-hybridized carbons (Fsp3) is 0.625. The van der Waals surface area contributed by atoms with Crippen LogP contribution in [0.5, 0.6) is 0 Å². The molecule has 1 unspecified atom stereocenters. The van der Waals surface area contributed by atoms with Crippen molar-refractivity contribution in [1.29, 1.82) is 0 Å². The molecule has 2 heterocycles. The predicted octanol–water partition coefficient (Wildman–Crippen LogP) is 3.42. The van der Waals surface area contributed by atoms with Gasteiger partial charge >= 0.3 is 0 Å². The van der Waals surface area contributed by atoms with Crippen molar-refractivity contribution in [2.45, 2.75) is 51.6 Å². The maximum atomic E-state index is 3.49. The fourth-order valence-electron chi connectivity index (χ4n) is 3.43. The van der Waals surface area contributed by atoms with E-state index in [1.54, 1.807) is 0 Å². The van der Waals surface area contributed by atoms with Crippen LogP contribution in [-0.2, 0) is 13.0 Å². The quantitative estimate of drug-likeness (QED) is 0.876. The molecule has 0 bridgehead atoms. The van der Waals surface area contributed by atoms with Crippen molar-refractivity contribution in [1.82, 2.24) is 4.90 Å². The predicted molar refractivity (Wildman–Crippen MR) is 77.0 cm³/mol. The second-order valence-corrected chi connectivity index (χ2v) is 5.70. The molecule has 1 aromatic rings. The first-order valence-electron chi connectivity index (χ1n) is 7.46. The molecular formula is C16H24N2. The third kappa shape index (κ3) is 2.39. The van der Waals surface area contributed by atoms with E-state index in [-0.39, 0.29) is 0 Å². The van der Waals surface area contributed by atoms with Crippen LogP contribution in [0, 0.1) is 0 Å². The number of anilines is 1. The summed E-state index contributed by atoms with van der Waals surface area (Å²) in [5, 5.41) is 3.49. The number of aryl methyl sites for hydroxylation is 1. The Morgan fingerprint density at radius 2 is 2.28 bits per heavy atom. The summed E-state index contributed by atoms with van der Waals surface area (Å²) in [4.78, 5) is 2.66. The summed E-state index contributed by atoms with van der Waals surface area (Å²) in [5.74, 6) is 0. The number of hydrogen-bond acceptors (Lipinski definition) is 2. The van der Waals surface area contributed by atoms with Gasteiger partial charge < -0.3 is 5.32 Å². The molecule has 1 saturated heterocycles. The number of nitrogens with one attached hydrogen (secondary N) is 1. The summed E-state index contributed by atoms with van der Waals surface area (Å²) in [6.07, 6.45) is 6.59. The first kappa shape index (κ1) is 12.0. The Labute approximate surface area is 110 Å². The molecule has 98 valence electrons. The third-order valence-electron chi connectivity index (χ3n) is 4.46. The van der Waals surface area contributed by atoms with Crippen LogP contribution in [-0.4, -0.2) is 24.0 Å². The molecule has 0 spiro atoms. The molecular weight excluding hydrogens is 220 g/mol. The van der Waals surface area contributed by atoms with E-state index in [0.717, 1.165) is 19.1 Å². The monoisotopic (exact) mass is 244 g/mol. The molecule has 18 heavy (non-hydrogen) atoms. The van der Waals surface area contributed by atoms with Gasteiger partial charge in [-0.15, -0.1) is 0 Å². The SMILES string of the molecule is CCC1CCCN1Cc1ccc2c(c1)CCCN2. The Morgan fingerprint density at radius 3 is 3.17 bits per heavy atom. The zero-order chi connectivity index (χ0) is 12.4. The van der Waals surface area contributed by atoms with Crippen LogP contribution < -0.4 is 5.32 Å². The standard InChI is InChI=1S/C16H24N2/c1-2-15-6-4-10-18(15)12-13-7-8-16-14(11-13)5-3-9-17-16/h7-8,11,15,17H,2-6,9-10,12H2,1H3. The van der Waals surface area contributed by atoms with E-state index >= 15 is 0 Å². The second-order valence-electron chi connectivity index (χ2n) is 5.70. The molecule has 3 rings (SSSR count). The summed E-state index contributed by atoms with van der Waals surface area (Å²) in [7, 11) is 0. The molecule has 0 aromatic heterocycles. The number of nitrogens with zero attached hydrogens (tertiary/aromatic N) is 1. The minimum Gasteiger partial charge on any atom is -0.385 e. The summed E-state index contributed by atoms with van der Waals surface area (Å²) in [5.41, 5.74) is 4.38. The number of hydrogen-bond donors (Lipinski definition) is 1. The topological polar surface area (TPSA) is 15.3 Å². The third-order valence-corrected chi connectivity index (χ3v) is 4.46. The maximum absolute atomic E-state index is 3.49. The Bertz CT molecular complexity index is 414. The molecule has 0 amide bonds. The van der Waals surface area contributed by atoms with E-state index in [9.17, 15) is 0 Å². The molecule has 1 atom stereocenters. The second kappa shape index (κ2) is 5.31. The van der Waals surface area contributed by atoms with Crippen molar-refractivity contribution in [2.24, 2.45) is 0 Å². The van der Waals surface area contributed by atoms with Gasteiger partial charge in [0.1, 0.15) is 0 Å². The molecule has 0 aliphatic carbocycles. The van der Waals surface area contributed by atoms with E-state index in [0.29, 0.717) is 0 Å². The molecule has 0 radical (unpaired) electrons. The van der Waals surface area contributed by atoms with Crippen LogP contribution in [0.25, 0.3) is 0 Å². The van der Waals surface area contributed by atoms with Crippen LogP contribution >= 0.6 is 0 Å². The van der Waals surface area contributed by atoms with Crippen LogP contribution in [0.15, 0.2) is 18.2 Å². The summed E-state index contributed by atoms with van der Waals surface area (Å²) < 4.78 is 0. The van der Waals surface area contributed by atoms with Crippen LogP contribution in [0.1, 0.15) is 43.7 Å². The van der Waals surface area contributed by atoms with E-state index in [4.69, 9.17) is 0 Å². The van der Waals surface area contributed by atoms with Gasteiger partial charge in [-0.25, -0.2) is 0 Å². The zero-order valence-corrected chi connectivity index (χ0v) is 11.4. The molecule has 1 fully saturated rings. The van der Waals surface area contributed by atoms with Gasteiger partial charge in [-0.1, -0.05) is 19.1 Å². The van der Waals surface area contributed by atoms with E-state index < -0.39 is 0 Å². The fourth-order valence-corrected chi connectivity index (χ4v) is 3.43. The number of benzene rings is 1. The number of rotatable bonds is 3. The van der Waals surface area contributed by atoms with Gasteiger partial charge in [0.15, 0.2) is 0 Å². The summed E-state index contributed by atoms with van der Waals surface area (Å²) in [6.45, 7) is 5.88. The Kier molecular flexibility index (Phi) is 3.55. The lowest BCUT2D eigenvalue weighted by molar-refractivity contribution is 0.240. The largest absolute Gasteiger partial charge is 0.385 e. The Balaban J connectivity index is 1.72. The molecule has 2 nitrogen and oxygen atoms in total. The van der Waals surface area contributed by atoms with Gasteiger partial charge in [-0.2, -0.15) is 0 Å². The van der Waals surface area contributed by atoms with Crippen molar-refractivity contribution in [3.8, 4) is 0 Å². The zero-order valence-electron chi connectivity index (χ0n) is 11.4. The minimum atomic E-state index is 0.819. The number of likely N-dealkylation sites (tertiary alicyclic amines) is 1. The van der Waals surface area contributed by atoms with Crippen molar-refractivity contribution < 1.29 is 0 Å². The summed E-state index contributed by atoms with van der Waals surface area (Å²) in [6, 6.07) is 7.83. The van der Waals surface area contributed by atoms with Crippen molar-refractivity contribution in [3.63, 3.8) is 0 Å². The molecule has 2 aliphatic rings. The van der Waals surface area contributed by atoms with Gasteiger partial charge in [0, 0.05) is 24.8 Å². The lowest BCUT2D eigenvalue weighted by Crippen LogP contribution is -2.28. The minimum absolute atomic E-state index is 0.819. The highest BCUT2D eigenvalue weighted by molar-refractivity contribution is 5.54. The molecule has 1 aromatic carbocycles. The lowest BCUT2D eigenvalue weighted by Gasteiger charge is -2.25. The van der Waals surface area contributed by atoms with Crippen molar-refractivity contribution >= 4 is 5.69 Å². The number of fused-ring (bicyclic) bond motifs is 1.